The van der Waals surface area contributed by atoms with E-state index in [2.05, 4.69) is 9.71 Å². The highest BCUT2D eigenvalue weighted by Crippen LogP contribution is 2.30. The summed E-state index contributed by atoms with van der Waals surface area (Å²) in [5.74, 6) is -2.42. The second-order valence-corrected chi connectivity index (χ2v) is 11.2. The first-order chi connectivity index (χ1) is 19.6. The number of carboxylic acids is 1. The fourth-order valence-corrected chi connectivity index (χ4v) is 6.04. The maximum atomic E-state index is 13.4. The van der Waals surface area contributed by atoms with Gasteiger partial charge in [0, 0.05) is 36.8 Å². The van der Waals surface area contributed by atoms with Crippen LogP contribution in [0.15, 0.2) is 58.4 Å². The zero-order valence-corrected chi connectivity index (χ0v) is 23.0. The summed E-state index contributed by atoms with van der Waals surface area (Å²) < 4.78 is 67.8. The number of halogens is 3. The monoisotopic (exact) mass is 615 g/mol. The molecule has 2 heterocycles. The van der Waals surface area contributed by atoms with Crippen LogP contribution < -0.4 is 20.8 Å². The molecule has 17 heteroatoms. The summed E-state index contributed by atoms with van der Waals surface area (Å²) in [6, 6.07) is 9.18. The van der Waals surface area contributed by atoms with Gasteiger partial charge in [-0.05, 0) is 43.7 Å². The summed E-state index contributed by atoms with van der Waals surface area (Å²) in [6.07, 6.45) is -0.796. The van der Waals surface area contributed by atoms with Crippen molar-refractivity contribution in [2.45, 2.75) is 55.4 Å². The lowest BCUT2D eigenvalue weighted by Crippen LogP contribution is -2.46. The summed E-state index contributed by atoms with van der Waals surface area (Å²) >= 11 is 0. The predicted octanol–water partition coefficient (Wildman–Crippen LogP) is 2.81. The van der Waals surface area contributed by atoms with Crippen LogP contribution in [0.25, 0.3) is 11.0 Å². The third kappa shape index (κ3) is 8.01. The zero-order valence-electron chi connectivity index (χ0n) is 22.2. The number of hydrogen-bond acceptors (Lipinski definition) is 9. The summed E-state index contributed by atoms with van der Waals surface area (Å²) in [4.78, 5) is 36.4. The Morgan fingerprint density at radius 3 is 2.43 bits per heavy atom. The number of ether oxygens (including phenoxy) is 1. The number of aromatic nitrogens is 2. The molecule has 2 aromatic heterocycles. The van der Waals surface area contributed by atoms with Gasteiger partial charge in [-0.2, -0.15) is 13.2 Å². The molecule has 228 valence electrons. The van der Waals surface area contributed by atoms with E-state index >= 15 is 0 Å². The minimum atomic E-state index is -5.08. The molecule has 0 bridgehead atoms. The van der Waals surface area contributed by atoms with E-state index in [9.17, 15) is 36.5 Å². The number of nitrogens with zero attached hydrogens (tertiary/aromatic N) is 3. The van der Waals surface area contributed by atoms with Crippen LogP contribution >= 0.6 is 0 Å². The Morgan fingerprint density at radius 2 is 1.86 bits per heavy atom. The average molecular weight is 616 g/mol. The van der Waals surface area contributed by atoms with Crippen molar-refractivity contribution in [3.05, 3.63) is 69.1 Å². The molecule has 1 atom stereocenters. The Morgan fingerprint density at radius 1 is 1.24 bits per heavy atom. The van der Waals surface area contributed by atoms with Gasteiger partial charge in [0.05, 0.1) is 29.3 Å². The molecule has 4 rings (SSSR count). The number of rotatable bonds is 8. The standard InChI is InChI=1S/C23H27N5O6S.C2HF3O2/c1-34-17-12-21-18(25-13-17)10-11-23(29)27(21)14-19(15-6-8-16(24)9-7-15)26-35(32,33)22-5-3-2-4-20(22)28(30)31;3-2(4,5)1(6)7/h2-5,10-13,15-16,19,26H,6-9,14,24H2,1H3;(H,6,7). The molecular formula is C25H28F3N5O8S. The average Bonchev–Trinajstić information content (AvgIpc) is 2.94. The molecule has 13 nitrogen and oxygen atoms in total. The Bertz CT molecular complexity index is 1610. The second-order valence-electron chi connectivity index (χ2n) is 9.49. The fourth-order valence-electron chi connectivity index (χ4n) is 4.57. The van der Waals surface area contributed by atoms with Gasteiger partial charge in [0.15, 0.2) is 4.90 Å². The van der Waals surface area contributed by atoms with Crippen LogP contribution in [-0.4, -0.2) is 59.3 Å². The van der Waals surface area contributed by atoms with Crippen molar-refractivity contribution < 1.29 is 41.2 Å². The van der Waals surface area contributed by atoms with Crippen LogP contribution in [0.4, 0.5) is 18.9 Å². The van der Waals surface area contributed by atoms with Gasteiger partial charge in [-0.15, -0.1) is 0 Å². The van der Waals surface area contributed by atoms with Crippen molar-refractivity contribution >= 4 is 32.7 Å². The van der Waals surface area contributed by atoms with Crippen molar-refractivity contribution in [2.24, 2.45) is 11.7 Å². The summed E-state index contributed by atoms with van der Waals surface area (Å²) in [6.45, 7) is 0.0186. The number of nitro benzene ring substituents is 1. The summed E-state index contributed by atoms with van der Waals surface area (Å²) in [7, 11) is -2.79. The Balaban J connectivity index is 0.000000616. The summed E-state index contributed by atoms with van der Waals surface area (Å²) in [5.41, 5.74) is 6.27. The lowest BCUT2D eigenvalue weighted by Gasteiger charge is -2.33. The van der Waals surface area contributed by atoms with Crippen LogP contribution in [0.1, 0.15) is 25.7 Å². The number of carboxylic acid groups (broad SMARTS) is 1. The number of nitro groups is 1. The van der Waals surface area contributed by atoms with Crippen molar-refractivity contribution in [3.8, 4) is 5.75 Å². The van der Waals surface area contributed by atoms with Crippen molar-refractivity contribution in [1.82, 2.24) is 14.3 Å². The number of methoxy groups -OCH3 is 1. The first-order valence-corrected chi connectivity index (χ1v) is 14.0. The number of para-hydroxylation sites is 1. The lowest BCUT2D eigenvalue weighted by molar-refractivity contribution is -0.387. The highest BCUT2D eigenvalue weighted by Gasteiger charge is 2.38. The van der Waals surface area contributed by atoms with Gasteiger partial charge in [-0.25, -0.2) is 17.9 Å². The first-order valence-electron chi connectivity index (χ1n) is 12.5. The van der Waals surface area contributed by atoms with E-state index in [0.29, 0.717) is 42.5 Å². The fraction of sp³-hybridized carbons (Fsp3) is 0.400. The van der Waals surface area contributed by atoms with Gasteiger partial charge in [-0.3, -0.25) is 19.9 Å². The van der Waals surface area contributed by atoms with E-state index in [-0.39, 0.29) is 24.1 Å². The van der Waals surface area contributed by atoms with Gasteiger partial charge >= 0.3 is 12.1 Å². The number of aliphatic carboxylic acids is 1. The number of fused-ring (bicyclic) bond motifs is 1. The predicted molar refractivity (Wildman–Crippen MR) is 143 cm³/mol. The molecule has 1 saturated carbocycles. The number of carbonyl (C=O) groups is 1. The van der Waals surface area contributed by atoms with Crippen LogP contribution in [0, 0.1) is 16.0 Å². The van der Waals surface area contributed by atoms with Gasteiger partial charge in [0.1, 0.15) is 5.75 Å². The highest BCUT2D eigenvalue weighted by atomic mass is 32.2. The molecule has 1 fully saturated rings. The number of sulfonamides is 1. The molecule has 0 saturated heterocycles. The molecule has 3 aromatic rings. The summed E-state index contributed by atoms with van der Waals surface area (Å²) in [5, 5.41) is 18.6. The van der Waals surface area contributed by atoms with Crippen molar-refractivity contribution in [3.63, 3.8) is 0 Å². The molecule has 1 aliphatic rings. The normalized spacial score (nSPS) is 18.0. The van der Waals surface area contributed by atoms with E-state index in [0.717, 1.165) is 6.07 Å². The molecule has 0 radical (unpaired) electrons. The molecule has 42 heavy (non-hydrogen) atoms. The maximum Gasteiger partial charge on any atom is 0.490 e. The third-order valence-corrected chi connectivity index (χ3v) is 8.25. The Hall–Kier alpha value is -4.09. The van der Waals surface area contributed by atoms with Gasteiger partial charge < -0.3 is 20.1 Å². The number of nitrogens with two attached hydrogens (primary N) is 1. The van der Waals surface area contributed by atoms with Crippen LogP contribution in [0.5, 0.6) is 5.75 Å². The van der Waals surface area contributed by atoms with E-state index in [4.69, 9.17) is 20.4 Å². The number of hydrogen-bond donors (Lipinski definition) is 3. The van der Waals surface area contributed by atoms with Crippen molar-refractivity contribution in [2.75, 3.05) is 7.11 Å². The zero-order chi connectivity index (χ0) is 31.2. The molecule has 1 aromatic carbocycles. The molecule has 1 unspecified atom stereocenters. The van der Waals surface area contributed by atoms with E-state index in [1.54, 1.807) is 12.1 Å². The quantitative estimate of drug-likeness (QED) is 0.250. The van der Waals surface area contributed by atoms with Gasteiger partial charge in [0.25, 0.3) is 11.2 Å². The molecule has 1 aliphatic carbocycles. The number of nitrogens with one attached hydrogen (secondary N) is 1. The minimum absolute atomic E-state index is 0.0186. The van der Waals surface area contributed by atoms with E-state index in [1.165, 1.54) is 42.1 Å². The van der Waals surface area contributed by atoms with Gasteiger partial charge in [0.2, 0.25) is 10.0 Å². The lowest BCUT2D eigenvalue weighted by atomic mass is 9.82. The second kappa shape index (κ2) is 13.3. The molecule has 0 aliphatic heterocycles. The Labute approximate surface area is 237 Å². The largest absolute Gasteiger partial charge is 0.495 e. The minimum Gasteiger partial charge on any atom is -0.495 e. The molecule has 4 N–H and O–H groups in total. The topological polar surface area (TPSA) is 197 Å². The maximum absolute atomic E-state index is 13.4. The smallest absolute Gasteiger partial charge is 0.490 e. The number of pyridine rings is 2. The van der Waals surface area contributed by atoms with Crippen LogP contribution in [-0.2, 0) is 21.4 Å². The van der Waals surface area contributed by atoms with E-state index < -0.39 is 43.7 Å². The number of benzene rings is 1. The van der Waals surface area contributed by atoms with Gasteiger partial charge in [-0.1, -0.05) is 12.1 Å². The SMILES string of the molecule is COc1cnc2ccc(=O)n(CC(NS(=O)(=O)c3ccccc3[N+](=O)[O-])C3CCC(N)CC3)c2c1.O=C(O)C(F)(F)F. The molecule has 0 spiro atoms. The highest BCUT2D eigenvalue weighted by molar-refractivity contribution is 7.89. The molecule has 0 amide bonds. The van der Waals surface area contributed by atoms with Crippen LogP contribution in [0.2, 0.25) is 0 Å². The number of alkyl halides is 3. The first kappa shape index (κ1) is 32.4. The molecular weight excluding hydrogens is 587 g/mol. The Kier molecular flexibility index (Phi) is 10.2. The van der Waals surface area contributed by atoms with E-state index in [1.807, 2.05) is 0 Å². The van der Waals surface area contributed by atoms with Crippen molar-refractivity contribution in [1.29, 1.82) is 0 Å². The third-order valence-electron chi connectivity index (χ3n) is 6.71. The van der Waals surface area contributed by atoms with Crippen LogP contribution in [0.3, 0.4) is 0 Å².